The Hall–Kier alpha value is -3.66. The van der Waals surface area contributed by atoms with Crippen molar-refractivity contribution in [3.63, 3.8) is 0 Å². The van der Waals surface area contributed by atoms with E-state index in [0.29, 0.717) is 6.42 Å². The number of pyridine rings is 1. The minimum absolute atomic E-state index is 0.216. The highest BCUT2D eigenvalue weighted by molar-refractivity contribution is 5.95. The summed E-state index contributed by atoms with van der Waals surface area (Å²) in [5.74, 6) is 0.216. The molecule has 0 saturated carbocycles. The summed E-state index contributed by atoms with van der Waals surface area (Å²) in [5, 5.41) is 0. The molecule has 1 saturated heterocycles. The summed E-state index contributed by atoms with van der Waals surface area (Å²) in [6, 6.07) is 23.1. The van der Waals surface area contributed by atoms with Crippen LogP contribution in [0.4, 0.5) is 5.69 Å². The minimum Gasteiger partial charge on any atom is -0.353 e. The van der Waals surface area contributed by atoms with Gasteiger partial charge in [-0.3, -0.25) is 9.78 Å². The Labute approximate surface area is 182 Å². The Bertz CT molecular complexity index is 1180. The zero-order valence-electron chi connectivity index (χ0n) is 17.4. The van der Waals surface area contributed by atoms with Gasteiger partial charge in [0, 0.05) is 66.7 Å². The molecule has 1 aliphatic rings. The summed E-state index contributed by atoms with van der Waals surface area (Å²) >= 11 is 0. The lowest BCUT2D eigenvalue weighted by Crippen LogP contribution is -2.23. The van der Waals surface area contributed by atoms with Crippen LogP contribution in [0.2, 0.25) is 0 Å². The number of hydrogen-bond donors (Lipinski definition) is 0. The highest BCUT2D eigenvalue weighted by Gasteiger charge is 2.21. The Morgan fingerprint density at radius 3 is 2.35 bits per heavy atom. The van der Waals surface area contributed by atoms with E-state index in [9.17, 15) is 4.79 Å². The summed E-state index contributed by atoms with van der Waals surface area (Å²) in [6.07, 6.45) is 10.7. The first kappa shape index (κ1) is 19.3. The standard InChI is InChI=1S/C27H25N3O/c31-27-7-4-14-30(27)26-10-8-22(9-11-26)24-17-25(19-28-18-24)23-13-16-29(20-23)15-12-21-5-2-1-3-6-21/h1-3,5-6,8-11,13,16-20H,4,7,12,14-15H2. The molecule has 1 amide bonds. The molecule has 5 rings (SSSR count). The van der Waals surface area contributed by atoms with Crippen LogP contribution in [0.5, 0.6) is 0 Å². The zero-order chi connectivity index (χ0) is 21.0. The van der Waals surface area contributed by atoms with Crippen molar-refractivity contribution in [2.24, 2.45) is 0 Å². The molecule has 1 fully saturated rings. The Kier molecular flexibility index (Phi) is 5.36. The molecule has 0 atom stereocenters. The second-order valence-corrected chi connectivity index (χ2v) is 8.03. The number of benzene rings is 2. The highest BCUT2D eigenvalue weighted by Crippen LogP contribution is 2.28. The molecule has 154 valence electrons. The van der Waals surface area contributed by atoms with Crippen LogP contribution in [-0.2, 0) is 17.8 Å². The van der Waals surface area contributed by atoms with Crippen LogP contribution in [0.1, 0.15) is 18.4 Å². The lowest BCUT2D eigenvalue weighted by atomic mass is 10.0. The van der Waals surface area contributed by atoms with Crippen LogP contribution in [0.3, 0.4) is 0 Å². The highest BCUT2D eigenvalue weighted by atomic mass is 16.2. The van der Waals surface area contributed by atoms with Crippen molar-refractivity contribution < 1.29 is 4.79 Å². The molecule has 4 aromatic rings. The molecule has 2 aromatic heterocycles. The van der Waals surface area contributed by atoms with Crippen LogP contribution in [0, 0.1) is 0 Å². The fraction of sp³-hybridized carbons (Fsp3) is 0.185. The fourth-order valence-corrected chi connectivity index (χ4v) is 4.16. The maximum Gasteiger partial charge on any atom is 0.227 e. The van der Waals surface area contributed by atoms with Crippen LogP contribution >= 0.6 is 0 Å². The molecule has 4 nitrogen and oxygen atoms in total. The van der Waals surface area contributed by atoms with Gasteiger partial charge < -0.3 is 9.47 Å². The molecule has 1 aliphatic heterocycles. The molecule has 0 spiro atoms. The smallest absolute Gasteiger partial charge is 0.227 e. The number of carbonyl (C=O) groups excluding carboxylic acids is 1. The number of aryl methyl sites for hydroxylation is 2. The first-order valence-corrected chi connectivity index (χ1v) is 10.8. The van der Waals surface area contributed by atoms with Gasteiger partial charge in [-0.1, -0.05) is 42.5 Å². The predicted molar refractivity (Wildman–Crippen MR) is 125 cm³/mol. The molecule has 0 unspecified atom stereocenters. The van der Waals surface area contributed by atoms with E-state index >= 15 is 0 Å². The molecular formula is C27H25N3O. The second-order valence-electron chi connectivity index (χ2n) is 8.03. The lowest BCUT2D eigenvalue weighted by Gasteiger charge is -2.16. The molecule has 3 heterocycles. The van der Waals surface area contributed by atoms with Crippen molar-refractivity contribution in [3.8, 4) is 22.3 Å². The van der Waals surface area contributed by atoms with Gasteiger partial charge in [0.15, 0.2) is 0 Å². The molecule has 0 radical (unpaired) electrons. The average molecular weight is 408 g/mol. The monoisotopic (exact) mass is 407 g/mol. The van der Waals surface area contributed by atoms with Gasteiger partial charge in [-0.25, -0.2) is 0 Å². The summed E-state index contributed by atoms with van der Waals surface area (Å²) in [5.41, 5.74) is 6.78. The van der Waals surface area contributed by atoms with Crippen LogP contribution in [-0.4, -0.2) is 22.0 Å². The normalized spacial score (nSPS) is 13.7. The van der Waals surface area contributed by atoms with Gasteiger partial charge in [0.2, 0.25) is 5.91 Å². The van der Waals surface area contributed by atoms with E-state index in [1.54, 1.807) is 0 Å². The number of anilines is 1. The molecule has 0 bridgehead atoms. The number of nitrogens with zero attached hydrogens (tertiary/aromatic N) is 3. The molecule has 0 aliphatic carbocycles. The van der Waals surface area contributed by atoms with Gasteiger partial charge >= 0.3 is 0 Å². The molecule has 0 N–H and O–H groups in total. The van der Waals surface area contributed by atoms with Crippen molar-refractivity contribution in [2.75, 3.05) is 11.4 Å². The van der Waals surface area contributed by atoms with E-state index in [-0.39, 0.29) is 5.91 Å². The molecular weight excluding hydrogens is 382 g/mol. The third kappa shape index (κ3) is 4.29. The van der Waals surface area contributed by atoms with Gasteiger partial charge in [0.1, 0.15) is 0 Å². The fourth-order valence-electron chi connectivity index (χ4n) is 4.16. The Morgan fingerprint density at radius 2 is 1.61 bits per heavy atom. The Balaban J connectivity index is 1.31. The largest absolute Gasteiger partial charge is 0.353 e. The van der Waals surface area contributed by atoms with E-state index < -0.39 is 0 Å². The number of amides is 1. The lowest BCUT2D eigenvalue weighted by molar-refractivity contribution is -0.117. The Morgan fingerprint density at radius 1 is 0.839 bits per heavy atom. The van der Waals surface area contributed by atoms with Gasteiger partial charge in [0.25, 0.3) is 0 Å². The third-order valence-electron chi connectivity index (χ3n) is 5.91. The molecule has 4 heteroatoms. The van der Waals surface area contributed by atoms with E-state index in [1.807, 2.05) is 29.4 Å². The van der Waals surface area contributed by atoms with Gasteiger partial charge in [-0.15, -0.1) is 0 Å². The predicted octanol–water partition coefficient (Wildman–Crippen LogP) is 5.59. The number of carbonyl (C=O) groups is 1. The second kappa shape index (κ2) is 8.60. The maximum absolute atomic E-state index is 12.0. The molecule has 2 aromatic carbocycles. The van der Waals surface area contributed by atoms with Gasteiger partial charge in [0.05, 0.1) is 0 Å². The quantitative estimate of drug-likeness (QED) is 0.418. The van der Waals surface area contributed by atoms with Crippen LogP contribution in [0.25, 0.3) is 22.3 Å². The first-order chi connectivity index (χ1) is 15.3. The molecule has 31 heavy (non-hydrogen) atoms. The third-order valence-corrected chi connectivity index (χ3v) is 5.91. The number of aromatic nitrogens is 2. The van der Waals surface area contributed by atoms with Gasteiger partial charge in [-0.2, -0.15) is 0 Å². The topological polar surface area (TPSA) is 38.1 Å². The van der Waals surface area contributed by atoms with E-state index in [4.69, 9.17) is 0 Å². The number of hydrogen-bond acceptors (Lipinski definition) is 2. The zero-order valence-corrected chi connectivity index (χ0v) is 17.4. The van der Waals surface area contributed by atoms with Crippen LogP contribution < -0.4 is 4.90 Å². The summed E-state index contributed by atoms with van der Waals surface area (Å²) < 4.78 is 2.23. The average Bonchev–Trinajstić information content (AvgIpc) is 3.48. The minimum atomic E-state index is 0.216. The summed E-state index contributed by atoms with van der Waals surface area (Å²) in [7, 11) is 0. The SMILES string of the molecule is O=C1CCCN1c1ccc(-c2cncc(-c3ccn(CCc4ccccc4)c3)c2)cc1. The maximum atomic E-state index is 12.0. The van der Waals surface area contributed by atoms with E-state index in [0.717, 1.165) is 48.3 Å². The van der Waals surface area contributed by atoms with Gasteiger partial charge in [-0.05, 0) is 48.2 Å². The summed E-state index contributed by atoms with van der Waals surface area (Å²) in [6.45, 7) is 1.77. The first-order valence-electron chi connectivity index (χ1n) is 10.8. The van der Waals surface area contributed by atoms with Crippen molar-refractivity contribution in [2.45, 2.75) is 25.8 Å². The van der Waals surface area contributed by atoms with Crippen LogP contribution in [0.15, 0.2) is 91.5 Å². The summed E-state index contributed by atoms with van der Waals surface area (Å²) in [4.78, 5) is 18.3. The van der Waals surface area contributed by atoms with Crippen molar-refractivity contribution in [1.82, 2.24) is 9.55 Å². The van der Waals surface area contributed by atoms with Crippen molar-refractivity contribution in [1.29, 1.82) is 0 Å². The van der Waals surface area contributed by atoms with Crippen molar-refractivity contribution >= 4 is 11.6 Å². The van der Waals surface area contributed by atoms with E-state index in [2.05, 4.69) is 76.5 Å². The number of rotatable bonds is 6. The van der Waals surface area contributed by atoms with Crippen molar-refractivity contribution in [3.05, 3.63) is 97.1 Å². The van der Waals surface area contributed by atoms with E-state index in [1.165, 1.54) is 11.1 Å².